The lowest BCUT2D eigenvalue weighted by Gasteiger charge is -2.24. The summed E-state index contributed by atoms with van der Waals surface area (Å²) in [4.78, 5) is 12.7. The Morgan fingerprint density at radius 1 is 1.09 bits per heavy atom. The number of hydrogen-bond acceptors (Lipinski definition) is 5. The molecule has 0 atom stereocenters. The summed E-state index contributed by atoms with van der Waals surface area (Å²) in [5.74, 6) is 0.00218. The van der Waals surface area contributed by atoms with Crippen LogP contribution < -0.4 is 14.5 Å². The van der Waals surface area contributed by atoms with Crippen molar-refractivity contribution in [3.8, 4) is 5.75 Å². The number of nitrogens with one attached hydrogen (secondary N) is 1. The van der Waals surface area contributed by atoms with Crippen molar-refractivity contribution in [1.82, 2.24) is 5.43 Å². The van der Waals surface area contributed by atoms with Crippen LogP contribution in [0.15, 0.2) is 82.8 Å². The van der Waals surface area contributed by atoms with Gasteiger partial charge in [-0.2, -0.15) is 5.10 Å². The van der Waals surface area contributed by atoms with Crippen LogP contribution in [0.3, 0.4) is 0 Å². The summed E-state index contributed by atoms with van der Waals surface area (Å²) in [6.07, 6.45) is 1.43. The van der Waals surface area contributed by atoms with E-state index in [9.17, 15) is 13.2 Å². The molecule has 0 saturated carbocycles. The van der Waals surface area contributed by atoms with Gasteiger partial charge < -0.3 is 4.74 Å². The normalized spacial score (nSPS) is 11.4. The molecule has 1 amide bonds. The summed E-state index contributed by atoms with van der Waals surface area (Å²) in [5, 5.41) is 4.45. The Bertz CT molecular complexity index is 1230. The van der Waals surface area contributed by atoms with Crippen LogP contribution in [0.2, 0.25) is 5.02 Å². The Morgan fingerprint density at radius 3 is 2.42 bits per heavy atom. The fraction of sp³-hybridized carbons (Fsp3) is 0.167. The molecule has 0 fully saturated rings. The number of hydrogen-bond donors (Lipinski definition) is 1. The van der Waals surface area contributed by atoms with E-state index >= 15 is 0 Å². The van der Waals surface area contributed by atoms with E-state index in [0.29, 0.717) is 28.6 Å². The maximum absolute atomic E-state index is 13.4. The monoisotopic (exact) mass is 485 g/mol. The summed E-state index contributed by atoms with van der Waals surface area (Å²) < 4.78 is 33.2. The first-order chi connectivity index (χ1) is 15.8. The van der Waals surface area contributed by atoms with Crippen LogP contribution in [0, 0.1) is 6.92 Å². The summed E-state index contributed by atoms with van der Waals surface area (Å²) in [6.45, 7) is 3.75. The molecule has 3 rings (SSSR count). The van der Waals surface area contributed by atoms with Gasteiger partial charge in [0.05, 0.1) is 23.4 Å². The molecule has 0 aliphatic carbocycles. The van der Waals surface area contributed by atoms with Gasteiger partial charge in [-0.1, -0.05) is 41.4 Å². The van der Waals surface area contributed by atoms with Gasteiger partial charge in [0.2, 0.25) is 0 Å². The molecule has 0 saturated heterocycles. The number of amides is 1. The van der Waals surface area contributed by atoms with Crippen LogP contribution in [0.25, 0.3) is 0 Å². The largest absolute Gasteiger partial charge is 0.494 e. The second-order valence-corrected chi connectivity index (χ2v) is 9.40. The fourth-order valence-electron chi connectivity index (χ4n) is 2.96. The SMILES string of the molecule is CCOc1ccc(N(CC(=O)N/N=C/c2cccc(Cl)c2)S(=O)(=O)c2ccc(C)cc2)cc1. The number of benzene rings is 3. The molecule has 0 spiro atoms. The van der Waals surface area contributed by atoms with Gasteiger partial charge in [-0.05, 0) is 67.9 Å². The van der Waals surface area contributed by atoms with Crippen molar-refractivity contribution >= 4 is 39.4 Å². The van der Waals surface area contributed by atoms with E-state index in [0.717, 1.165) is 9.87 Å². The van der Waals surface area contributed by atoms with Crippen molar-refractivity contribution < 1.29 is 17.9 Å². The van der Waals surface area contributed by atoms with E-state index in [4.69, 9.17) is 16.3 Å². The molecule has 7 nitrogen and oxygen atoms in total. The van der Waals surface area contributed by atoms with E-state index in [2.05, 4.69) is 10.5 Å². The molecule has 0 aromatic heterocycles. The fourth-order valence-corrected chi connectivity index (χ4v) is 4.58. The van der Waals surface area contributed by atoms with Crippen LogP contribution in [-0.2, 0) is 14.8 Å². The Morgan fingerprint density at radius 2 is 1.79 bits per heavy atom. The third-order valence-corrected chi connectivity index (χ3v) is 6.61. The van der Waals surface area contributed by atoms with Crippen molar-refractivity contribution in [2.24, 2.45) is 5.10 Å². The molecule has 1 N–H and O–H groups in total. The molecule has 172 valence electrons. The number of aryl methyl sites for hydroxylation is 1. The standard InChI is InChI=1S/C24H24ClN3O4S/c1-3-32-22-11-9-21(10-12-22)28(33(30,31)23-13-7-18(2)8-14-23)17-24(29)27-26-16-19-5-4-6-20(25)15-19/h4-16H,3,17H2,1-2H3,(H,27,29)/b26-16+. The number of hydrazone groups is 1. The zero-order valence-electron chi connectivity index (χ0n) is 18.2. The molecule has 9 heteroatoms. The average Bonchev–Trinajstić information content (AvgIpc) is 2.79. The lowest BCUT2D eigenvalue weighted by atomic mass is 10.2. The minimum Gasteiger partial charge on any atom is -0.494 e. The van der Waals surface area contributed by atoms with Crippen LogP contribution >= 0.6 is 11.6 Å². The molecular formula is C24H24ClN3O4S. The Balaban J connectivity index is 1.84. The average molecular weight is 486 g/mol. The van der Waals surface area contributed by atoms with Gasteiger partial charge in [-0.25, -0.2) is 13.8 Å². The van der Waals surface area contributed by atoms with E-state index in [1.54, 1.807) is 60.7 Å². The van der Waals surface area contributed by atoms with Gasteiger partial charge in [0, 0.05) is 5.02 Å². The minimum absolute atomic E-state index is 0.0808. The highest BCUT2D eigenvalue weighted by atomic mass is 35.5. The predicted octanol–water partition coefficient (Wildman–Crippen LogP) is 4.39. The summed E-state index contributed by atoms with van der Waals surface area (Å²) in [6, 6.07) is 19.9. The first-order valence-corrected chi connectivity index (χ1v) is 12.0. The lowest BCUT2D eigenvalue weighted by molar-refractivity contribution is -0.119. The molecule has 0 aliphatic rings. The van der Waals surface area contributed by atoms with Crippen LogP contribution in [0.5, 0.6) is 5.75 Å². The highest BCUT2D eigenvalue weighted by Crippen LogP contribution is 2.26. The quantitative estimate of drug-likeness (QED) is 0.359. The first-order valence-electron chi connectivity index (χ1n) is 10.2. The molecule has 0 heterocycles. The Kier molecular flexibility index (Phi) is 8.08. The van der Waals surface area contributed by atoms with Gasteiger partial charge in [0.1, 0.15) is 12.3 Å². The second kappa shape index (κ2) is 11.0. The molecule has 3 aromatic rings. The van der Waals surface area contributed by atoms with Crippen molar-refractivity contribution in [2.75, 3.05) is 17.5 Å². The molecule has 3 aromatic carbocycles. The van der Waals surface area contributed by atoms with Gasteiger partial charge in [0.25, 0.3) is 15.9 Å². The molecular weight excluding hydrogens is 462 g/mol. The molecule has 0 radical (unpaired) electrons. The van der Waals surface area contributed by atoms with Crippen LogP contribution in [0.4, 0.5) is 5.69 Å². The zero-order valence-corrected chi connectivity index (χ0v) is 19.8. The topological polar surface area (TPSA) is 88.1 Å². The second-order valence-electron chi connectivity index (χ2n) is 7.10. The summed E-state index contributed by atoms with van der Waals surface area (Å²) in [7, 11) is -4.01. The third-order valence-electron chi connectivity index (χ3n) is 4.58. The summed E-state index contributed by atoms with van der Waals surface area (Å²) in [5.41, 5.74) is 4.32. The van der Waals surface area contributed by atoms with Crippen molar-refractivity contribution in [1.29, 1.82) is 0 Å². The van der Waals surface area contributed by atoms with Gasteiger partial charge in [0.15, 0.2) is 0 Å². The van der Waals surface area contributed by atoms with E-state index in [1.165, 1.54) is 18.3 Å². The number of sulfonamides is 1. The number of ether oxygens (including phenoxy) is 1. The van der Waals surface area contributed by atoms with Crippen LogP contribution in [-0.4, -0.2) is 33.7 Å². The van der Waals surface area contributed by atoms with Gasteiger partial charge in [-0.3, -0.25) is 9.10 Å². The third kappa shape index (κ3) is 6.57. The lowest BCUT2D eigenvalue weighted by Crippen LogP contribution is -2.39. The van der Waals surface area contributed by atoms with Gasteiger partial charge >= 0.3 is 0 Å². The summed E-state index contributed by atoms with van der Waals surface area (Å²) >= 11 is 5.94. The number of nitrogens with zero attached hydrogens (tertiary/aromatic N) is 2. The highest BCUT2D eigenvalue weighted by molar-refractivity contribution is 7.92. The maximum Gasteiger partial charge on any atom is 0.264 e. The Labute approximate surface area is 198 Å². The number of carbonyl (C=O) groups excluding carboxylic acids is 1. The smallest absolute Gasteiger partial charge is 0.264 e. The number of carbonyl (C=O) groups is 1. The molecule has 0 unspecified atom stereocenters. The molecule has 0 bridgehead atoms. The van der Waals surface area contributed by atoms with Crippen molar-refractivity contribution in [2.45, 2.75) is 18.7 Å². The molecule has 0 aliphatic heterocycles. The maximum atomic E-state index is 13.4. The van der Waals surface area contributed by atoms with Gasteiger partial charge in [-0.15, -0.1) is 0 Å². The van der Waals surface area contributed by atoms with Crippen molar-refractivity contribution in [3.63, 3.8) is 0 Å². The minimum atomic E-state index is -4.01. The van der Waals surface area contributed by atoms with E-state index in [-0.39, 0.29) is 4.90 Å². The number of rotatable bonds is 9. The zero-order chi connectivity index (χ0) is 23.8. The van der Waals surface area contributed by atoms with E-state index in [1.807, 2.05) is 13.8 Å². The number of halogens is 1. The number of anilines is 1. The van der Waals surface area contributed by atoms with Crippen LogP contribution in [0.1, 0.15) is 18.1 Å². The van der Waals surface area contributed by atoms with E-state index < -0.39 is 22.5 Å². The molecule has 33 heavy (non-hydrogen) atoms. The van der Waals surface area contributed by atoms with Crippen molar-refractivity contribution in [3.05, 3.63) is 88.9 Å². The highest BCUT2D eigenvalue weighted by Gasteiger charge is 2.27. The Hall–Kier alpha value is -3.36. The first kappa shape index (κ1) is 24.3. The predicted molar refractivity (Wildman–Crippen MR) is 131 cm³/mol.